The van der Waals surface area contributed by atoms with Crippen LogP contribution in [0.4, 0.5) is 4.79 Å². The Morgan fingerprint density at radius 1 is 0.605 bits per heavy atom. The first-order chi connectivity index (χ1) is 20.2. The molecule has 0 rings (SSSR count). The van der Waals surface area contributed by atoms with Crippen molar-refractivity contribution in [1.82, 2.24) is 5.32 Å². The van der Waals surface area contributed by atoms with Crippen LogP contribution in [0.2, 0.25) is 0 Å². The minimum atomic E-state index is -1.21. The van der Waals surface area contributed by atoms with Crippen LogP contribution >= 0.6 is 0 Å². The number of Topliss-reactive ketones (excluding diaryl/α,β-unsaturated/α-hetero) is 2. The van der Waals surface area contributed by atoms with Crippen LogP contribution in [-0.2, 0) is 52.5 Å². The SMILES string of the molecule is CCOC(=O)CC[C@H](CC(=O)CC[C@H](NC(=O)OC(C)(C)C)C(=O)C[C@@H](CCC(=O)OCC)C(=O)OCC)C(=O)OCC. The van der Waals surface area contributed by atoms with E-state index in [1.165, 1.54) is 0 Å². The zero-order chi connectivity index (χ0) is 33.0. The fourth-order valence-corrected chi connectivity index (χ4v) is 4.01. The Labute approximate surface area is 254 Å². The number of alkyl carbamates (subject to hydrolysis) is 1. The molecular weight excluding hydrogens is 566 g/mol. The molecule has 0 bridgehead atoms. The Morgan fingerprint density at radius 3 is 1.47 bits per heavy atom. The number of ketones is 2. The average Bonchev–Trinajstić information content (AvgIpc) is 2.90. The summed E-state index contributed by atoms with van der Waals surface area (Å²) in [6, 6.07) is -1.21. The maximum atomic E-state index is 13.4. The van der Waals surface area contributed by atoms with E-state index < -0.39 is 65.0 Å². The third-order valence-corrected chi connectivity index (χ3v) is 5.96. The summed E-state index contributed by atoms with van der Waals surface area (Å²) in [6.45, 7) is 12.0. The molecule has 246 valence electrons. The lowest BCUT2D eigenvalue weighted by Gasteiger charge is -2.24. The second-order valence-corrected chi connectivity index (χ2v) is 10.7. The summed E-state index contributed by atoms with van der Waals surface area (Å²) in [6.07, 6.45) is -1.99. The molecule has 0 aliphatic heterocycles. The van der Waals surface area contributed by atoms with Crippen molar-refractivity contribution in [2.24, 2.45) is 11.8 Å². The molecule has 0 aromatic heterocycles. The summed E-state index contributed by atoms with van der Waals surface area (Å²) in [4.78, 5) is 87.5. The summed E-state index contributed by atoms with van der Waals surface area (Å²) >= 11 is 0. The van der Waals surface area contributed by atoms with Crippen LogP contribution in [0.3, 0.4) is 0 Å². The number of nitrogens with one attached hydrogen (secondary N) is 1. The number of hydrogen-bond donors (Lipinski definition) is 1. The molecule has 13 nitrogen and oxygen atoms in total. The molecule has 0 aliphatic carbocycles. The summed E-state index contributed by atoms with van der Waals surface area (Å²) in [5, 5.41) is 2.48. The number of ether oxygens (including phenoxy) is 5. The van der Waals surface area contributed by atoms with Crippen molar-refractivity contribution >= 4 is 41.5 Å². The molecule has 3 atom stereocenters. The van der Waals surface area contributed by atoms with Crippen LogP contribution in [0.1, 0.15) is 99.8 Å². The van der Waals surface area contributed by atoms with Crippen LogP contribution < -0.4 is 5.32 Å². The fourth-order valence-electron chi connectivity index (χ4n) is 4.01. The lowest BCUT2D eigenvalue weighted by atomic mass is 9.90. The molecule has 0 aromatic rings. The van der Waals surface area contributed by atoms with Gasteiger partial charge < -0.3 is 29.0 Å². The Bertz CT molecular complexity index is 940. The van der Waals surface area contributed by atoms with Crippen LogP contribution in [0, 0.1) is 11.8 Å². The van der Waals surface area contributed by atoms with E-state index in [1.807, 2.05) is 0 Å². The van der Waals surface area contributed by atoms with E-state index in [4.69, 9.17) is 23.7 Å². The molecule has 0 spiro atoms. The van der Waals surface area contributed by atoms with Gasteiger partial charge >= 0.3 is 30.0 Å². The topological polar surface area (TPSA) is 178 Å². The van der Waals surface area contributed by atoms with Gasteiger partial charge in [-0.05, 0) is 67.7 Å². The Balaban J connectivity index is 5.70. The molecule has 0 radical (unpaired) electrons. The van der Waals surface area contributed by atoms with Gasteiger partial charge in [0.25, 0.3) is 0 Å². The maximum absolute atomic E-state index is 13.4. The first-order valence-electron chi connectivity index (χ1n) is 14.9. The first-order valence-corrected chi connectivity index (χ1v) is 14.9. The third-order valence-electron chi connectivity index (χ3n) is 5.96. The average molecular weight is 616 g/mol. The fraction of sp³-hybridized carbons (Fsp3) is 0.767. The largest absolute Gasteiger partial charge is 0.466 e. The lowest BCUT2D eigenvalue weighted by Crippen LogP contribution is -2.44. The van der Waals surface area contributed by atoms with Gasteiger partial charge in [0.1, 0.15) is 11.4 Å². The number of hydrogen-bond acceptors (Lipinski definition) is 12. The maximum Gasteiger partial charge on any atom is 0.408 e. The van der Waals surface area contributed by atoms with Gasteiger partial charge in [-0.15, -0.1) is 0 Å². The van der Waals surface area contributed by atoms with Crippen molar-refractivity contribution in [2.75, 3.05) is 26.4 Å². The molecule has 1 N–H and O–H groups in total. The minimum Gasteiger partial charge on any atom is -0.466 e. The van der Waals surface area contributed by atoms with Crippen LogP contribution in [0.25, 0.3) is 0 Å². The summed E-state index contributed by atoms with van der Waals surface area (Å²) in [5.74, 6) is -5.16. The number of carbonyl (C=O) groups is 7. The predicted molar refractivity (Wildman–Crippen MR) is 154 cm³/mol. The molecule has 0 saturated carbocycles. The Hall–Kier alpha value is -3.51. The summed E-state index contributed by atoms with van der Waals surface area (Å²) in [5.41, 5.74) is -0.869. The van der Waals surface area contributed by atoms with E-state index in [0.29, 0.717) is 0 Å². The first kappa shape index (κ1) is 39.5. The molecular formula is C30H49NO12. The zero-order valence-corrected chi connectivity index (χ0v) is 26.6. The van der Waals surface area contributed by atoms with Crippen molar-refractivity contribution < 1.29 is 57.2 Å². The van der Waals surface area contributed by atoms with Gasteiger partial charge in [-0.25, -0.2) is 4.79 Å². The van der Waals surface area contributed by atoms with Gasteiger partial charge in [-0.3, -0.25) is 28.8 Å². The van der Waals surface area contributed by atoms with Gasteiger partial charge in [0.2, 0.25) is 0 Å². The minimum absolute atomic E-state index is 0.0107. The van der Waals surface area contributed by atoms with Gasteiger partial charge in [0.05, 0.1) is 44.3 Å². The van der Waals surface area contributed by atoms with Gasteiger partial charge in [-0.2, -0.15) is 0 Å². The number of amides is 1. The zero-order valence-electron chi connectivity index (χ0n) is 26.6. The molecule has 43 heavy (non-hydrogen) atoms. The highest BCUT2D eigenvalue weighted by atomic mass is 16.6. The number of rotatable bonds is 21. The van der Waals surface area contributed by atoms with Gasteiger partial charge in [0.15, 0.2) is 5.78 Å². The molecule has 0 unspecified atom stereocenters. The lowest BCUT2D eigenvalue weighted by molar-refractivity contribution is -0.152. The third kappa shape index (κ3) is 18.6. The van der Waals surface area contributed by atoms with E-state index >= 15 is 0 Å². The van der Waals surface area contributed by atoms with Crippen molar-refractivity contribution in [3.63, 3.8) is 0 Å². The highest BCUT2D eigenvalue weighted by molar-refractivity contribution is 5.91. The number of carbonyl (C=O) groups excluding carboxylic acids is 7. The normalized spacial score (nSPS) is 13.1. The van der Waals surface area contributed by atoms with E-state index in [9.17, 15) is 33.6 Å². The van der Waals surface area contributed by atoms with Crippen molar-refractivity contribution in [3.8, 4) is 0 Å². The van der Waals surface area contributed by atoms with E-state index in [1.54, 1.807) is 48.5 Å². The van der Waals surface area contributed by atoms with E-state index in [-0.39, 0.29) is 77.8 Å². The van der Waals surface area contributed by atoms with Crippen LogP contribution in [-0.4, -0.2) is 79.6 Å². The quantitative estimate of drug-likeness (QED) is 0.147. The van der Waals surface area contributed by atoms with Crippen molar-refractivity contribution in [3.05, 3.63) is 0 Å². The Morgan fingerprint density at radius 2 is 1.05 bits per heavy atom. The second-order valence-electron chi connectivity index (χ2n) is 10.7. The number of esters is 4. The molecule has 0 fully saturated rings. The van der Waals surface area contributed by atoms with Gasteiger partial charge in [-0.1, -0.05) is 0 Å². The standard InChI is InChI=1S/C30H49NO12/c1-8-39-25(34)16-12-20(27(36)41-10-3)18-22(32)14-15-23(31-29(38)43-30(5,6)7)24(33)19-21(28(37)42-11-4)13-17-26(35)40-9-2/h20-21,23H,8-19H2,1-7H3,(H,31,38)/t20-,21-,23+/m1/s1. The predicted octanol–water partition coefficient (Wildman–Crippen LogP) is 3.62. The second kappa shape index (κ2) is 21.2. The van der Waals surface area contributed by atoms with Crippen LogP contribution in [0.5, 0.6) is 0 Å². The molecule has 0 heterocycles. The highest BCUT2D eigenvalue weighted by Gasteiger charge is 2.31. The summed E-state index contributed by atoms with van der Waals surface area (Å²) < 4.78 is 25.2. The Kier molecular flexibility index (Phi) is 19.5. The monoisotopic (exact) mass is 615 g/mol. The molecule has 0 saturated heterocycles. The molecule has 0 aromatic carbocycles. The van der Waals surface area contributed by atoms with E-state index in [0.717, 1.165) is 0 Å². The van der Waals surface area contributed by atoms with Crippen molar-refractivity contribution in [2.45, 2.75) is 111 Å². The summed E-state index contributed by atoms with van der Waals surface area (Å²) in [7, 11) is 0. The molecule has 13 heteroatoms. The molecule has 1 amide bonds. The molecule has 0 aliphatic rings. The smallest absolute Gasteiger partial charge is 0.408 e. The van der Waals surface area contributed by atoms with Gasteiger partial charge in [0, 0.05) is 32.1 Å². The van der Waals surface area contributed by atoms with Crippen molar-refractivity contribution in [1.29, 1.82) is 0 Å². The van der Waals surface area contributed by atoms with E-state index in [2.05, 4.69) is 5.32 Å². The van der Waals surface area contributed by atoms with Crippen LogP contribution in [0.15, 0.2) is 0 Å². The highest BCUT2D eigenvalue weighted by Crippen LogP contribution is 2.20.